The molecule has 2 rings (SSSR count). The Hall–Kier alpha value is -3.49. The number of non-ortho nitro benzene ring substituents is 2. The molecule has 9 heteroatoms. The molecule has 0 saturated heterocycles. The molecule has 2 aromatic carbocycles. The average Bonchev–Trinajstić information content (AvgIpc) is 2.50. The number of phenolic OH excluding ortho intramolecular Hbond substituents is 1. The van der Waals surface area contributed by atoms with Crippen molar-refractivity contribution in [2.75, 3.05) is 5.32 Å². The molecule has 0 aliphatic rings. The Bertz CT molecular complexity index is 786. The fourth-order valence-corrected chi connectivity index (χ4v) is 1.88. The normalized spacial score (nSPS) is 10.1. The zero-order valence-corrected chi connectivity index (χ0v) is 11.8. The van der Waals surface area contributed by atoms with Crippen molar-refractivity contribution < 1.29 is 19.7 Å². The third-order valence-corrected chi connectivity index (χ3v) is 2.99. The summed E-state index contributed by atoms with van der Waals surface area (Å²) in [5.41, 5.74) is -0.533. The van der Waals surface area contributed by atoms with Gasteiger partial charge in [-0.2, -0.15) is 0 Å². The number of anilines is 1. The number of nitrogens with zero attached hydrogens (tertiary/aromatic N) is 2. The van der Waals surface area contributed by atoms with Crippen molar-refractivity contribution in [3.8, 4) is 5.75 Å². The van der Waals surface area contributed by atoms with E-state index in [1.807, 2.05) is 0 Å². The number of hydrogen-bond acceptors (Lipinski definition) is 6. The van der Waals surface area contributed by atoms with Gasteiger partial charge in [-0.1, -0.05) is 6.07 Å². The lowest BCUT2D eigenvalue weighted by molar-refractivity contribution is -0.394. The molecule has 1 amide bonds. The van der Waals surface area contributed by atoms with Crippen LogP contribution in [0.2, 0.25) is 0 Å². The number of benzene rings is 2. The van der Waals surface area contributed by atoms with Gasteiger partial charge in [-0.25, -0.2) is 0 Å². The van der Waals surface area contributed by atoms with E-state index < -0.39 is 27.1 Å². The van der Waals surface area contributed by atoms with Gasteiger partial charge in [0.2, 0.25) is 0 Å². The third-order valence-electron chi connectivity index (χ3n) is 2.99. The van der Waals surface area contributed by atoms with Crippen molar-refractivity contribution in [3.63, 3.8) is 0 Å². The number of nitrogens with one attached hydrogen (secondary N) is 1. The van der Waals surface area contributed by atoms with Crippen LogP contribution in [0, 0.1) is 27.2 Å². The smallest absolute Gasteiger partial charge is 0.277 e. The average molecular weight is 317 g/mol. The predicted octanol–water partition coefficient (Wildman–Crippen LogP) is 2.77. The number of amides is 1. The Kier molecular flexibility index (Phi) is 4.21. The van der Waals surface area contributed by atoms with Gasteiger partial charge >= 0.3 is 0 Å². The molecule has 0 radical (unpaired) electrons. The second kappa shape index (κ2) is 6.10. The van der Waals surface area contributed by atoms with Gasteiger partial charge in [0.15, 0.2) is 0 Å². The summed E-state index contributed by atoms with van der Waals surface area (Å²) in [4.78, 5) is 32.1. The van der Waals surface area contributed by atoms with Crippen LogP contribution in [0.25, 0.3) is 0 Å². The van der Waals surface area contributed by atoms with E-state index in [4.69, 9.17) is 0 Å². The molecule has 23 heavy (non-hydrogen) atoms. The molecule has 118 valence electrons. The maximum Gasteiger partial charge on any atom is 0.277 e. The van der Waals surface area contributed by atoms with Gasteiger partial charge < -0.3 is 10.4 Å². The first-order chi connectivity index (χ1) is 10.8. The second-order valence-electron chi connectivity index (χ2n) is 4.73. The molecule has 0 heterocycles. The molecule has 2 N–H and O–H groups in total. The van der Waals surface area contributed by atoms with Crippen LogP contribution in [-0.4, -0.2) is 20.9 Å². The van der Waals surface area contributed by atoms with Gasteiger partial charge in [0.25, 0.3) is 17.3 Å². The van der Waals surface area contributed by atoms with Crippen molar-refractivity contribution in [1.29, 1.82) is 0 Å². The highest BCUT2D eigenvalue weighted by molar-refractivity contribution is 6.05. The molecular weight excluding hydrogens is 306 g/mol. The minimum atomic E-state index is -0.825. The van der Waals surface area contributed by atoms with E-state index >= 15 is 0 Å². The van der Waals surface area contributed by atoms with Gasteiger partial charge in [-0.3, -0.25) is 25.0 Å². The predicted molar refractivity (Wildman–Crippen MR) is 80.5 cm³/mol. The van der Waals surface area contributed by atoms with E-state index in [9.17, 15) is 30.1 Å². The Balaban J connectivity index is 2.40. The van der Waals surface area contributed by atoms with Crippen LogP contribution in [0.15, 0.2) is 36.4 Å². The molecule has 0 aliphatic heterocycles. The van der Waals surface area contributed by atoms with Crippen molar-refractivity contribution >= 4 is 23.0 Å². The van der Waals surface area contributed by atoms with Gasteiger partial charge in [-0.05, 0) is 24.6 Å². The highest BCUT2D eigenvalue weighted by atomic mass is 16.6. The molecule has 0 bridgehead atoms. The van der Waals surface area contributed by atoms with Gasteiger partial charge in [-0.15, -0.1) is 0 Å². The lowest BCUT2D eigenvalue weighted by Gasteiger charge is -2.08. The van der Waals surface area contributed by atoms with Crippen LogP contribution >= 0.6 is 0 Å². The Morgan fingerprint density at radius 2 is 1.61 bits per heavy atom. The first-order valence-electron chi connectivity index (χ1n) is 6.33. The van der Waals surface area contributed by atoms with Crippen LogP contribution < -0.4 is 5.32 Å². The highest BCUT2D eigenvalue weighted by Gasteiger charge is 2.20. The number of nitro groups is 2. The van der Waals surface area contributed by atoms with E-state index in [1.165, 1.54) is 12.1 Å². The zero-order chi connectivity index (χ0) is 17.1. The number of rotatable bonds is 4. The largest absolute Gasteiger partial charge is 0.506 e. The van der Waals surface area contributed by atoms with Crippen LogP contribution in [0.1, 0.15) is 15.9 Å². The maximum atomic E-state index is 12.2. The second-order valence-corrected chi connectivity index (χ2v) is 4.73. The number of aromatic hydroxyl groups is 1. The van der Waals surface area contributed by atoms with Crippen molar-refractivity contribution in [1.82, 2.24) is 0 Å². The monoisotopic (exact) mass is 317 g/mol. The van der Waals surface area contributed by atoms with E-state index in [0.717, 1.165) is 23.8 Å². The van der Waals surface area contributed by atoms with Crippen molar-refractivity contribution in [3.05, 3.63) is 67.8 Å². The number of nitro benzene ring substituents is 2. The van der Waals surface area contributed by atoms with E-state index in [-0.39, 0.29) is 17.0 Å². The first-order valence-corrected chi connectivity index (χ1v) is 6.33. The highest BCUT2D eigenvalue weighted by Crippen LogP contribution is 2.26. The molecule has 0 fully saturated rings. The summed E-state index contributed by atoms with van der Waals surface area (Å²) < 4.78 is 0. The lowest BCUT2D eigenvalue weighted by atomic mass is 10.1. The third kappa shape index (κ3) is 3.59. The molecule has 2 aromatic rings. The number of carbonyl (C=O) groups is 1. The van der Waals surface area contributed by atoms with Crippen LogP contribution in [-0.2, 0) is 0 Å². The number of carbonyl (C=O) groups excluding carboxylic acids is 1. The Labute approximate surface area is 129 Å². The molecular formula is C14H11N3O6. The number of aryl methyl sites for hydroxylation is 1. The van der Waals surface area contributed by atoms with Crippen molar-refractivity contribution in [2.24, 2.45) is 0 Å². The molecule has 9 nitrogen and oxygen atoms in total. The fraction of sp³-hybridized carbons (Fsp3) is 0.0714. The maximum absolute atomic E-state index is 12.2. The van der Waals surface area contributed by atoms with Crippen LogP contribution in [0.4, 0.5) is 17.1 Å². The minimum absolute atomic E-state index is 0.101. The summed E-state index contributed by atoms with van der Waals surface area (Å²) in [5, 5.41) is 33.7. The zero-order valence-electron chi connectivity index (χ0n) is 11.8. The summed E-state index contributed by atoms with van der Waals surface area (Å²) in [5.74, 6) is -0.999. The van der Waals surface area contributed by atoms with E-state index in [1.54, 1.807) is 13.0 Å². The molecule has 0 atom stereocenters. The summed E-state index contributed by atoms with van der Waals surface area (Å²) in [6.07, 6.45) is 0. The quantitative estimate of drug-likeness (QED) is 0.505. The summed E-state index contributed by atoms with van der Waals surface area (Å²) in [6, 6.07) is 7.12. The standard InChI is InChI=1S/C14H11N3O6/c1-8-2-3-13(18)12(4-8)15-14(19)9-5-10(16(20)21)7-11(6-9)17(22)23/h2-7,18H,1H3,(H,15,19). The minimum Gasteiger partial charge on any atom is -0.506 e. The molecule has 0 unspecified atom stereocenters. The lowest BCUT2D eigenvalue weighted by Crippen LogP contribution is -2.13. The SMILES string of the molecule is Cc1ccc(O)c(NC(=O)c2cc([N+](=O)[O-])cc([N+](=O)[O-])c2)c1. The summed E-state index contributed by atoms with van der Waals surface area (Å²) in [7, 11) is 0. The number of phenols is 1. The fourth-order valence-electron chi connectivity index (χ4n) is 1.88. The Morgan fingerprint density at radius 1 is 1.04 bits per heavy atom. The molecule has 0 spiro atoms. The van der Waals surface area contributed by atoms with Crippen molar-refractivity contribution in [2.45, 2.75) is 6.92 Å². The topological polar surface area (TPSA) is 136 Å². The molecule has 0 aliphatic carbocycles. The summed E-state index contributed by atoms with van der Waals surface area (Å²) >= 11 is 0. The first kappa shape index (κ1) is 15.9. The van der Waals surface area contributed by atoms with E-state index in [0.29, 0.717) is 0 Å². The van der Waals surface area contributed by atoms with Gasteiger partial charge in [0.1, 0.15) is 5.75 Å². The van der Waals surface area contributed by atoms with Crippen LogP contribution in [0.3, 0.4) is 0 Å². The van der Waals surface area contributed by atoms with E-state index in [2.05, 4.69) is 5.32 Å². The number of hydrogen-bond donors (Lipinski definition) is 2. The Morgan fingerprint density at radius 3 is 2.13 bits per heavy atom. The molecule has 0 saturated carbocycles. The van der Waals surface area contributed by atoms with Crippen LogP contribution in [0.5, 0.6) is 5.75 Å². The molecule has 0 aromatic heterocycles. The van der Waals surface area contributed by atoms with Gasteiger partial charge in [0.05, 0.1) is 27.2 Å². The van der Waals surface area contributed by atoms with Gasteiger partial charge in [0, 0.05) is 12.1 Å². The summed E-state index contributed by atoms with van der Waals surface area (Å²) in [6.45, 7) is 1.74.